The maximum atomic E-state index is 11.2. The van der Waals surface area contributed by atoms with E-state index >= 15 is 0 Å². The lowest BCUT2D eigenvalue weighted by atomic mass is 9.78. The van der Waals surface area contributed by atoms with Gasteiger partial charge in [-0.15, -0.1) is 0 Å². The van der Waals surface area contributed by atoms with Gasteiger partial charge in [-0.3, -0.25) is 9.63 Å². The lowest BCUT2D eigenvalue weighted by molar-refractivity contribution is -0.222. The topological polar surface area (TPSA) is 74.2 Å². The number of carboxylic acids is 1. The van der Waals surface area contributed by atoms with Crippen LogP contribution >= 0.6 is 0 Å². The van der Waals surface area contributed by atoms with Crippen LogP contribution in [0.25, 0.3) is 0 Å². The van der Waals surface area contributed by atoms with Crippen LogP contribution in [0.5, 0.6) is 0 Å². The number of nitrogens with one attached hydrogen (secondary N) is 1. The molecule has 2 atom stereocenters. The highest BCUT2D eigenvalue weighted by Gasteiger charge is 2.52. The fourth-order valence-electron chi connectivity index (χ4n) is 3.19. The molecule has 1 aliphatic rings. The number of hydrazone groups is 1. The van der Waals surface area contributed by atoms with Gasteiger partial charge >= 0.3 is 5.97 Å². The van der Waals surface area contributed by atoms with Crippen LogP contribution in [-0.4, -0.2) is 47.1 Å². The van der Waals surface area contributed by atoms with Crippen LogP contribution < -0.4 is 5.43 Å². The van der Waals surface area contributed by atoms with Gasteiger partial charge in [0, 0.05) is 19.7 Å². The fourth-order valence-corrected chi connectivity index (χ4v) is 3.19. The number of rotatable bonds is 8. The van der Waals surface area contributed by atoms with Crippen molar-refractivity contribution in [3.05, 3.63) is 0 Å². The molecule has 0 unspecified atom stereocenters. The second kappa shape index (κ2) is 7.22. The molecule has 2 N–H and O–H groups in total. The Balaban J connectivity index is 3.07. The SMILES string of the molecule is CC[C@@]1(C)C[C@@](C/C=N\NC)(CC(C)C)N(CC(=O)O)O1. The van der Waals surface area contributed by atoms with Gasteiger partial charge in [0.2, 0.25) is 0 Å². The highest BCUT2D eigenvalue weighted by atomic mass is 16.7. The van der Waals surface area contributed by atoms with Crippen molar-refractivity contribution < 1.29 is 14.7 Å². The molecule has 0 aromatic heterocycles. The highest BCUT2D eigenvalue weighted by molar-refractivity contribution is 5.69. The number of aliphatic carboxylic acids is 1. The van der Waals surface area contributed by atoms with Crippen LogP contribution in [0.4, 0.5) is 0 Å². The second-order valence-electron chi connectivity index (χ2n) is 6.56. The third-order valence-corrected chi connectivity index (χ3v) is 4.07. The van der Waals surface area contributed by atoms with Gasteiger partial charge in [-0.25, -0.2) is 0 Å². The van der Waals surface area contributed by atoms with Gasteiger partial charge in [-0.1, -0.05) is 20.8 Å². The van der Waals surface area contributed by atoms with E-state index in [0.717, 1.165) is 19.3 Å². The van der Waals surface area contributed by atoms with Gasteiger partial charge in [-0.05, 0) is 32.1 Å². The van der Waals surface area contributed by atoms with E-state index < -0.39 is 5.97 Å². The molecule has 6 heteroatoms. The second-order valence-corrected chi connectivity index (χ2v) is 6.56. The molecule has 21 heavy (non-hydrogen) atoms. The summed E-state index contributed by atoms with van der Waals surface area (Å²) in [5.41, 5.74) is 2.13. The molecule has 0 bridgehead atoms. The van der Waals surface area contributed by atoms with Crippen molar-refractivity contribution in [2.45, 2.75) is 64.5 Å². The van der Waals surface area contributed by atoms with Crippen molar-refractivity contribution in [3.8, 4) is 0 Å². The summed E-state index contributed by atoms with van der Waals surface area (Å²) in [6.45, 7) is 8.33. The van der Waals surface area contributed by atoms with E-state index in [1.54, 1.807) is 12.1 Å². The van der Waals surface area contributed by atoms with Crippen molar-refractivity contribution in [2.75, 3.05) is 13.6 Å². The summed E-state index contributed by atoms with van der Waals surface area (Å²) in [5, 5.41) is 14.9. The fraction of sp³-hybridized carbons (Fsp3) is 0.867. The molecule has 1 heterocycles. The van der Waals surface area contributed by atoms with Gasteiger partial charge in [0.15, 0.2) is 0 Å². The van der Waals surface area contributed by atoms with Crippen molar-refractivity contribution in [2.24, 2.45) is 11.0 Å². The van der Waals surface area contributed by atoms with Crippen LogP contribution in [0.1, 0.15) is 53.4 Å². The summed E-state index contributed by atoms with van der Waals surface area (Å²) in [4.78, 5) is 17.2. The number of hydrogen-bond acceptors (Lipinski definition) is 5. The zero-order valence-electron chi connectivity index (χ0n) is 13.8. The monoisotopic (exact) mass is 299 g/mol. The molecule has 0 amide bonds. The molecule has 0 aromatic carbocycles. The number of hydroxylamine groups is 2. The zero-order chi connectivity index (χ0) is 16.1. The highest BCUT2D eigenvalue weighted by Crippen LogP contribution is 2.45. The molecule has 1 fully saturated rings. The number of carboxylic acid groups (broad SMARTS) is 1. The van der Waals surface area contributed by atoms with Crippen molar-refractivity contribution in [1.82, 2.24) is 10.5 Å². The quantitative estimate of drug-likeness (QED) is 0.531. The maximum absolute atomic E-state index is 11.2. The average molecular weight is 299 g/mol. The number of nitrogens with zero attached hydrogens (tertiary/aromatic N) is 2. The minimum Gasteiger partial charge on any atom is -0.480 e. The Morgan fingerprint density at radius 1 is 1.57 bits per heavy atom. The largest absolute Gasteiger partial charge is 0.480 e. The van der Waals surface area contributed by atoms with Crippen LogP contribution in [0.3, 0.4) is 0 Å². The molecule has 0 spiro atoms. The Labute approximate surface area is 127 Å². The molecule has 1 rings (SSSR count). The van der Waals surface area contributed by atoms with E-state index in [9.17, 15) is 9.90 Å². The molecule has 1 aliphatic heterocycles. The molecule has 0 radical (unpaired) electrons. The van der Waals surface area contributed by atoms with Gasteiger partial charge < -0.3 is 10.5 Å². The molecule has 0 aliphatic carbocycles. The summed E-state index contributed by atoms with van der Waals surface area (Å²) in [6.07, 6.45) is 5.05. The predicted octanol–water partition coefficient (Wildman–Crippen LogP) is 2.26. The normalized spacial score (nSPS) is 30.4. The van der Waals surface area contributed by atoms with Crippen LogP contribution in [0, 0.1) is 5.92 Å². The first-order chi connectivity index (χ1) is 9.77. The summed E-state index contributed by atoms with van der Waals surface area (Å²) in [6, 6.07) is 0. The summed E-state index contributed by atoms with van der Waals surface area (Å²) >= 11 is 0. The Bertz CT molecular complexity index is 386. The smallest absolute Gasteiger partial charge is 0.320 e. The van der Waals surface area contributed by atoms with Gasteiger partial charge in [0.05, 0.1) is 11.1 Å². The molecule has 122 valence electrons. The van der Waals surface area contributed by atoms with Gasteiger partial charge in [0.25, 0.3) is 0 Å². The summed E-state index contributed by atoms with van der Waals surface area (Å²) in [5.74, 6) is -0.416. The van der Waals surface area contributed by atoms with Crippen LogP contribution in [0.15, 0.2) is 5.10 Å². The summed E-state index contributed by atoms with van der Waals surface area (Å²) < 4.78 is 0. The van der Waals surface area contributed by atoms with Crippen molar-refractivity contribution >= 4 is 12.2 Å². The van der Waals surface area contributed by atoms with Crippen molar-refractivity contribution in [1.29, 1.82) is 0 Å². The van der Waals surface area contributed by atoms with E-state index in [1.807, 2.05) is 6.21 Å². The molecular formula is C15H29N3O3. The Hall–Kier alpha value is -1.14. The van der Waals surface area contributed by atoms with E-state index in [1.165, 1.54) is 0 Å². The first kappa shape index (κ1) is 17.9. The third-order valence-electron chi connectivity index (χ3n) is 4.07. The average Bonchev–Trinajstić information content (AvgIpc) is 2.62. The Morgan fingerprint density at radius 3 is 2.71 bits per heavy atom. The van der Waals surface area contributed by atoms with Crippen LogP contribution in [-0.2, 0) is 9.63 Å². The molecular weight excluding hydrogens is 270 g/mol. The minimum absolute atomic E-state index is 0.101. The minimum atomic E-state index is -0.867. The first-order valence-electron chi connectivity index (χ1n) is 7.64. The van der Waals surface area contributed by atoms with Gasteiger partial charge in [-0.2, -0.15) is 10.2 Å². The van der Waals surface area contributed by atoms with E-state index in [4.69, 9.17) is 4.84 Å². The van der Waals surface area contributed by atoms with Gasteiger partial charge in [0.1, 0.15) is 6.54 Å². The van der Waals surface area contributed by atoms with E-state index in [2.05, 4.69) is 38.2 Å². The van der Waals surface area contributed by atoms with E-state index in [-0.39, 0.29) is 17.7 Å². The Kier molecular flexibility index (Phi) is 6.16. The van der Waals surface area contributed by atoms with Crippen LogP contribution in [0.2, 0.25) is 0 Å². The lowest BCUT2D eigenvalue weighted by Gasteiger charge is -2.36. The molecule has 6 nitrogen and oxygen atoms in total. The number of hydrogen-bond donors (Lipinski definition) is 2. The van der Waals surface area contributed by atoms with E-state index in [0.29, 0.717) is 12.3 Å². The molecule has 0 saturated carbocycles. The first-order valence-corrected chi connectivity index (χ1v) is 7.64. The maximum Gasteiger partial charge on any atom is 0.320 e. The Morgan fingerprint density at radius 2 is 2.24 bits per heavy atom. The standard InChI is InChI=1S/C15H29N3O3/c1-6-14(4)11-15(9-12(2)3,7-8-17-16-5)18(21-14)10-13(19)20/h8,12,16H,6-7,9-11H2,1-5H3,(H,19,20)/b17-8-/t14-,15+/m0/s1. The zero-order valence-corrected chi connectivity index (χ0v) is 13.8. The molecule has 0 aromatic rings. The summed E-state index contributed by atoms with van der Waals surface area (Å²) in [7, 11) is 1.75. The van der Waals surface area contributed by atoms with Crippen molar-refractivity contribution in [3.63, 3.8) is 0 Å². The lowest BCUT2D eigenvalue weighted by Crippen LogP contribution is -2.46. The predicted molar refractivity (Wildman–Crippen MR) is 83.1 cm³/mol. The molecule has 1 saturated heterocycles. The number of carbonyl (C=O) groups is 1. The third kappa shape index (κ3) is 4.68.